The van der Waals surface area contributed by atoms with E-state index in [0.29, 0.717) is 12.1 Å². The maximum Gasteiger partial charge on any atom is 0.0195 e. The molecule has 1 aliphatic rings. The summed E-state index contributed by atoms with van der Waals surface area (Å²) < 4.78 is 0. The van der Waals surface area contributed by atoms with Crippen molar-refractivity contribution < 1.29 is 0 Å². The molecule has 0 radical (unpaired) electrons. The Morgan fingerprint density at radius 2 is 1.86 bits per heavy atom. The average molecular weight is 194 g/mol. The van der Waals surface area contributed by atoms with E-state index in [4.69, 9.17) is 6.42 Å². The highest BCUT2D eigenvalue weighted by molar-refractivity contribution is 4.86. The van der Waals surface area contributed by atoms with Gasteiger partial charge in [0.05, 0.1) is 0 Å². The third-order valence-electron chi connectivity index (χ3n) is 3.23. The maximum absolute atomic E-state index is 5.24. The molecule has 1 saturated heterocycles. The summed E-state index contributed by atoms with van der Waals surface area (Å²) >= 11 is 0. The zero-order valence-electron chi connectivity index (χ0n) is 9.66. The highest BCUT2D eigenvalue weighted by Crippen LogP contribution is 2.13. The minimum Gasteiger partial charge on any atom is -0.300 e. The van der Waals surface area contributed by atoms with E-state index in [0.717, 1.165) is 19.4 Å². The topological polar surface area (TPSA) is 6.48 Å². The molecule has 0 bridgehead atoms. The Morgan fingerprint density at radius 1 is 1.29 bits per heavy atom. The van der Waals surface area contributed by atoms with E-state index in [9.17, 15) is 0 Å². The van der Waals surface area contributed by atoms with Crippen LogP contribution in [0.2, 0.25) is 0 Å². The second-order valence-corrected chi connectivity index (χ2v) is 4.43. The first-order valence-corrected chi connectivity index (χ1v) is 5.53. The van der Waals surface area contributed by atoms with Crippen molar-refractivity contribution in [3.8, 4) is 12.3 Å². The molecule has 0 aliphatic carbocycles. The van der Waals surface area contributed by atoms with Crippen molar-refractivity contribution in [2.45, 2.75) is 38.8 Å². The van der Waals surface area contributed by atoms with Crippen LogP contribution in [0.15, 0.2) is 0 Å². The number of hydrogen-bond acceptors (Lipinski definition) is 2. The van der Waals surface area contributed by atoms with Gasteiger partial charge in [-0.3, -0.25) is 4.90 Å². The molecule has 2 atom stereocenters. The highest BCUT2D eigenvalue weighted by Gasteiger charge is 2.25. The first-order chi connectivity index (χ1) is 6.65. The molecule has 1 aliphatic heterocycles. The van der Waals surface area contributed by atoms with Gasteiger partial charge in [0.15, 0.2) is 0 Å². The highest BCUT2D eigenvalue weighted by atomic mass is 15.3. The van der Waals surface area contributed by atoms with Gasteiger partial charge in [0.25, 0.3) is 0 Å². The average Bonchev–Trinajstić information content (AvgIpc) is 2.14. The van der Waals surface area contributed by atoms with Gasteiger partial charge in [-0.25, -0.2) is 0 Å². The molecular weight excluding hydrogens is 172 g/mol. The summed E-state index contributed by atoms with van der Waals surface area (Å²) in [4.78, 5) is 4.99. The zero-order chi connectivity index (χ0) is 10.6. The van der Waals surface area contributed by atoms with Crippen LogP contribution in [0.4, 0.5) is 0 Å². The van der Waals surface area contributed by atoms with Gasteiger partial charge in [0.2, 0.25) is 0 Å². The van der Waals surface area contributed by atoms with Crippen molar-refractivity contribution in [2.75, 3.05) is 26.7 Å². The van der Waals surface area contributed by atoms with E-state index in [1.807, 2.05) is 0 Å². The molecule has 0 aromatic rings. The lowest BCUT2D eigenvalue weighted by Crippen LogP contribution is -2.54. The van der Waals surface area contributed by atoms with Crippen LogP contribution in [0.3, 0.4) is 0 Å². The summed E-state index contributed by atoms with van der Waals surface area (Å²) in [5.74, 6) is 2.70. The molecule has 2 heteroatoms. The van der Waals surface area contributed by atoms with Crippen molar-refractivity contribution >= 4 is 0 Å². The Kier molecular flexibility index (Phi) is 4.44. The van der Waals surface area contributed by atoms with Gasteiger partial charge in [-0.15, -0.1) is 12.3 Å². The number of hydrogen-bond donors (Lipinski definition) is 0. The summed E-state index contributed by atoms with van der Waals surface area (Å²) in [6, 6.07) is 1.34. The first kappa shape index (κ1) is 11.6. The summed E-state index contributed by atoms with van der Waals surface area (Å²) in [6.07, 6.45) is 7.29. The van der Waals surface area contributed by atoms with Gasteiger partial charge in [-0.05, 0) is 33.9 Å². The van der Waals surface area contributed by atoms with Crippen LogP contribution in [0.25, 0.3) is 0 Å². The number of unbranched alkanes of at least 4 members (excludes halogenated alkanes) is 1. The monoisotopic (exact) mass is 194 g/mol. The van der Waals surface area contributed by atoms with E-state index in [2.05, 4.69) is 36.6 Å². The minimum absolute atomic E-state index is 0.671. The van der Waals surface area contributed by atoms with Gasteiger partial charge in [-0.1, -0.05) is 0 Å². The number of nitrogens with zero attached hydrogens (tertiary/aromatic N) is 2. The van der Waals surface area contributed by atoms with E-state index < -0.39 is 0 Å². The van der Waals surface area contributed by atoms with Gasteiger partial charge in [-0.2, -0.15) is 0 Å². The largest absolute Gasteiger partial charge is 0.300 e. The van der Waals surface area contributed by atoms with Crippen LogP contribution >= 0.6 is 0 Å². The van der Waals surface area contributed by atoms with Crippen molar-refractivity contribution in [3.63, 3.8) is 0 Å². The number of piperazine rings is 1. The number of rotatable bonds is 3. The van der Waals surface area contributed by atoms with Crippen molar-refractivity contribution in [1.29, 1.82) is 0 Å². The molecule has 0 N–H and O–H groups in total. The second kappa shape index (κ2) is 5.38. The van der Waals surface area contributed by atoms with Gasteiger partial charge in [0.1, 0.15) is 0 Å². The van der Waals surface area contributed by atoms with Gasteiger partial charge >= 0.3 is 0 Å². The molecule has 1 heterocycles. The van der Waals surface area contributed by atoms with Gasteiger partial charge < -0.3 is 4.90 Å². The third-order valence-corrected chi connectivity index (χ3v) is 3.23. The fourth-order valence-electron chi connectivity index (χ4n) is 2.10. The van der Waals surface area contributed by atoms with Crippen molar-refractivity contribution in [2.24, 2.45) is 0 Å². The van der Waals surface area contributed by atoms with E-state index >= 15 is 0 Å². The van der Waals surface area contributed by atoms with E-state index in [-0.39, 0.29) is 0 Å². The standard InChI is InChI=1S/C12H22N2/c1-5-6-7-8-14-9-11(2)13(4)12(3)10-14/h1,11-12H,6-10H2,2-4H3/t11-,12+. The lowest BCUT2D eigenvalue weighted by atomic mass is 10.1. The first-order valence-electron chi connectivity index (χ1n) is 5.53. The predicted molar refractivity (Wildman–Crippen MR) is 61.2 cm³/mol. The van der Waals surface area contributed by atoms with Gasteiger partial charge in [0, 0.05) is 31.6 Å². The van der Waals surface area contributed by atoms with Crippen LogP contribution in [-0.2, 0) is 0 Å². The number of likely N-dealkylation sites (N-methyl/N-ethyl adjacent to an activating group) is 1. The lowest BCUT2D eigenvalue weighted by molar-refractivity contribution is 0.0597. The molecule has 0 aromatic carbocycles. The molecule has 0 saturated carbocycles. The summed E-state index contributed by atoms with van der Waals surface area (Å²) in [7, 11) is 2.22. The Bertz CT molecular complexity index is 195. The van der Waals surface area contributed by atoms with Crippen LogP contribution in [0.5, 0.6) is 0 Å². The summed E-state index contributed by atoms with van der Waals surface area (Å²) in [5, 5.41) is 0. The van der Waals surface area contributed by atoms with Crippen LogP contribution < -0.4 is 0 Å². The molecule has 80 valence electrons. The van der Waals surface area contributed by atoms with Crippen LogP contribution in [0, 0.1) is 12.3 Å². The molecule has 14 heavy (non-hydrogen) atoms. The molecule has 0 spiro atoms. The Morgan fingerprint density at radius 3 is 2.36 bits per heavy atom. The Hall–Kier alpha value is -0.520. The van der Waals surface area contributed by atoms with Crippen LogP contribution in [-0.4, -0.2) is 48.6 Å². The molecule has 2 nitrogen and oxygen atoms in total. The fourth-order valence-corrected chi connectivity index (χ4v) is 2.10. The molecule has 1 rings (SSSR count). The fraction of sp³-hybridized carbons (Fsp3) is 0.833. The Labute approximate surface area is 88.3 Å². The minimum atomic E-state index is 0.671. The normalized spacial score (nSPS) is 30.1. The van der Waals surface area contributed by atoms with E-state index in [1.54, 1.807) is 0 Å². The zero-order valence-corrected chi connectivity index (χ0v) is 9.66. The SMILES string of the molecule is C#CCCCN1C[C@@H](C)N(C)[C@@H](C)C1. The second-order valence-electron chi connectivity index (χ2n) is 4.43. The van der Waals surface area contributed by atoms with Crippen molar-refractivity contribution in [1.82, 2.24) is 9.80 Å². The summed E-state index contributed by atoms with van der Waals surface area (Å²) in [5.41, 5.74) is 0. The van der Waals surface area contributed by atoms with Crippen LogP contribution in [0.1, 0.15) is 26.7 Å². The lowest BCUT2D eigenvalue weighted by Gasteiger charge is -2.42. The maximum atomic E-state index is 5.24. The molecule has 1 fully saturated rings. The molecule has 0 aromatic heterocycles. The van der Waals surface area contributed by atoms with E-state index in [1.165, 1.54) is 13.1 Å². The molecule has 0 amide bonds. The number of terminal acetylenes is 1. The molecule has 0 unspecified atom stereocenters. The smallest absolute Gasteiger partial charge is 0.0195 e. The van der Waals surface area contributed by atoms with Crippen molar-refractivity contribution in [3.05, 3.63) is 0 Å². The Balaban J connectivity index is 2.31. The molecular formula is C12H22N2. The predicted octanol–water partition coefficient (Wildman–Crippen LogP) is 1.42. The summed E-state index contributed by atoms with van der Waals surface area (Å²) in [6.45, 7) is 8.12. The third kappa shape index (κ3) is 3.01. The quantitative estimate of drug-likeness (QED) is 0.495.